The maximum absolute atomic E-state index is 6.75. The number of pyridine rings is 1. The monoisotopic (exact) mass is 887 g/mol. The summed E-state index contributed by atoms with van der Waals surface area (Å²) in [7, 11) is 0. The average molecular weight is 888 g/mol. The molecule has 0 aliphatic rings. The van der Waals surface area contributed by atoms with Crippen molar-refractivity contribution in [3.63, 3.8) is 0 Å². The van der Waals surface area contributed by atoms with Crippen molar-refractivity contribution in [2.24, 2.45) is 0 Å². The van der Waals surface area contributed by atoms with Gasteiger partial charge in [0.25, 0.3) is 0 Å². The van der Waals surface area contributed by atoms with Crippen LogP contribution >= 0.6 is 0 Å². The van der Waals surface area contributed by atoms with Crippen molar-refractivity contribution >= 4 is 54.8 Å². The molecule has 4 aromatic heterocycles. The molecule has 0 fully saturated rings. The van der Waals surface area contributed by atoms with Crippen LogP contribution in [0, 0.1) is 12.1 Å². The van der Waals surface area contributed by atoms with Crippen LogP contribution < -0.4 is 4.74 Å². The summed E-state index contributed by atoms with van der Waals surface area (Å²) in [6.07, 6.45) is 1.86. The molecule has 0 amide bonds. The first-order valence-corrected chi connectivity index (χ1v) is 17.8. The molecule has 7 heteroatoms. The molecule has 0 aliphatic carbocycles. The van der Waals surface area contributed by atoms with Crippen LogP contribution in [0.4, 0.5) is 0 Å². The van der Waals surface area contributed by atoms with E-state index in [-0.39, 0.29) is 21.1 Å². The van der Waals surface area contributed by atoms with Crippen LogP contribution in [-0.4, -0.2) is 19.1 Å². The van der Waals surface area contributed by atoms with Gasteiger partial charge in [-0.05, 0) is 65.0 Å². The third kappa shape index (κ3) is 5.45. The normalized spacial score (nSPS) is 11.5. The minimum absolute atomic E-state index is 0. The molecular formula is C48H28N4O2Pt. The quantitative estimate of drug-likeness (QED) is 0.156. The molecule has 0 N–H and O–H groups in total. The van der Waals surface area contributed by atoms with Gasteiger partial charge in [-0.1, -0.05) is 126 Å². The first-order chi connectivity index (χ1) is 26.8. The Balaban J connectivity index is 0.00000372. The maximum Gasteiger partial charge on any atom is 2.00 e. The first kappa shape index (κ1) is 32.9. The Labute approximate surface area is 330 Å². The fourth-order valence-electron chi connectivity index (χ4n) is 7.63. The first-order valence-electron chi connectivity index (χ1n) is 17.8. The topological polar surface area (TPSA) is 58.0 Å². The Kier molecular flexibility index (Phi) is 7.93. The fourth-order valence-corrected chi connectivity index (χ4v) is 7.63. The van der Waals surface area contributed by atoms with Crippen LogP contribution in [0.1, 0.15) is 0 Å². The van der Waals surface area contributed by atoms with Gasteiger partial charge in [-0.15, -0.1) is 17.5 Å². The maximum atomic E-state index is 6.75. The number of rotatable bonds is 6. The van der Waals surface area contributed by atoms with Gasteiger partial charge in [-0.3, -0.25) is 4.98 Å². The zero-order chi connectivity index (χ0) is 35.6. The summed E-state index contributed by atoms with van der Waals surface area (Å²) in [5.41, 5.74) is 9.15. The zero-order valence-electron chi connectivity index (χ0n) is 29.1. The number of hydrogen-bond acceptors (Lipinski definition) is 4. The third-order valence-electron chi connectivity index (χ3n) is 10.0. The molecule has 7 aromatic carbocycles. The molecule has 0 saturated heterocycles. The molecule has 0 radical (unpaired) electrons. The summed E-state index contributed by atoms with van der Waals surface area (Å²) >= 11 is 0. The molecule has 0 saturated carbocycles. The summed E-state index contributed by atoms with van der Waals surface area (Å²) in [4.78, 5) is 10.0. The standard InChI is InChI=1S/C48H28N4O2.Pt/c1-3-13-31(14-4-1)32-25-26-49-46(27-32)52-42-20-10-7-17-36(42)37-24-23-34(30-44(37)52)53-35-28-39-38-18-8-12-22-45(38)54-47(39)40(29-35)48-50-41-19-9-11-21-43(41)51(48)33-15-5-2-6-16-33;/h1-28H;/q-2;+2. The Bertz CT molecular complexity index is 3200. The van der Waals surface area contributed by atoms with E-state index in [9.17, 15) is 0 Å². The van der Waals surface area contributed by atoms with Crippen molar-refractivity contribution in [1.82, 2.24) is 19.1 Å². The van der Waals surface area contributed by atoms with E-state index in [0.717, 1.165) is 71.8 Å². The van der Waals surface area contributed by atoms with Crippen LogP contribution in [0.25, 0.3) is 88.8 Å². The van der Waals surface area contributed by atoms with Gasteiger partial charge in [0.1, 0.15) is 11.4 Å². The number of hydrogen-bond donors (Lipinski definition) is 0. The van der Waals surface area contributed by atoms with Crippen molar-refractivity contribution < 1.29 is 30.2 Å². The predicted molar refractivity (Wildman–Crippen MR) is 216 cm³/mol. The van der Waals surface area contributed by atoms with Gasteiger partial charge in [0.2, 0.25) is 0 Å². The average Bonchev–Trinajstić information content (AvgIpc) is 3.91. The van der Waals surface area contributed by atoms with Crippen LogP contribution in [-0.2, 0) is 21.1 Å². The van der Waals surface area contributed by atoms with E-state index >= 15 is 0 Å². The van der Waals surface area contributed by atoms with Crippen LogP contribution in [0.15, 0.2) is 174 Å². The van der Waals surface area contributed by atoms with Gasteiger partial charge in [0.15, 0.2) is 0 Å². The minimum atomic E-state index is 0. The number of aromatic nitrogens is 4. The molecule has 0 unspecified atom stereocenters. The largest absolute Gasteiger partial charge is 2.00 e. The summed E-state index contributed by atoms with van der Waals surface area (Å²) < 4.78 is 17.6. The number of para-hydroxylation sites is 5. The number of imidazole rings is 1. The van der Waals surface area contributed by atoms with Gasteiger partial charge in [-0.2, -0.15) is 6.07 Å². The predicted octanol–water partition coefficient (Wildman–Crippen LogP) is 12.1. The van der Waals surface area contributed by atoms with Gasteiger partial charge >= 0.3 is 21.1 Å². The minimum Gasteiger partial charge on any atom is -0.503 e. The Morgan fingerprint density at radius 2 is 1.27 bits per heavy atom. The van der Waals surface area contributed by atoms with Gasteiger partial charge in [0, 0.05) is 34.3 Å². The molecule has 0 aliphatic heterocycles. The Morgan fingerprint density at radius 3 is 2.13 bits per heavy atom. The van der Waals surface area contributed by atoms with E-state index in [0.29, 0.717) is 28.5 Å². The van der Waals surface area contributed by atoms with Gasteiger partial charge in [-0.25, -0.2) is 4.98 Å². The van der Waals surface area contributed by atoms with Crippen molar-refractivity contribution in [3.05, 3.63) is 182 Å². The van der Waals surface area contributed by atoms with Crippen molar-refractivity contribution in [2.75, 3.05) is 0 Å². The van der Waals surface area contributed by atoms with Crippen molar-refractivity contribution in [3.8, 4) is 45.5 Å². The van der Waals surface area contributed by atoms with Gasteiger partial charge < -0.3 is 18.3 Å². The summed E-state index contributed by atoms with van der Waals surface area (Å²) in [5, 5.41) is 4.07. The second kappa shape index (κ2) is 13.3. The molecule has 6 nitrogen and oxygen atoms in total. The zero-order valence-corrected chi connectivity index (χ0v) is 31.4. The van der Waals surface area contributed by atoms with Crippen LogP contribution in [0.3, 0.4) is 0 Å². The number of nitrogens with zero attached hydrogens (tertiary/aromatic N) is 4. The molecule has 11 aromatic rings. The van der Waals surface area contributed by atoms with E-state index in [2.05, 4.69) is 106 Å². The Morgan fingerprint density at radius 1 is 0.545 bits per heavy atom. The molecule has 0 spiro atoms. The molecule has 55 heavy (non-hydrogen) atoms. The van der Waals surface area contributed by atoms with E-state index < -0.39 is 0 Å². The van der Waals surface area contributed by atoms with Crippen LogP contribution in [0.2, 0.25) is 0 Å². The molecule has 11 rings (SSSR count). The SMILES string of the molecule is [Pt+2].[c-]1c(Oc2[c-]c3c(cc2)c2ccccc2n3-c2cc(-c3ccccc3)ccn2)cc2c(oc3ccccc32)c1-c1nc2ccccc2n1-c1ccccc1. The fraction of sp³-hybridized carbons (Fsp3) is 0. The van der Waals surface area contributed by atoms with E-state index in [4.69, 9.17) is 19.1 Å². The van der Waals surface area contributed by atoms with Crippen molar-refractivity contribution in [2.45, 2.75) is 0 Å². The molecule has 4 heterocycles. The molecule has 0 atom stereocenters. The summed E-state index contributed by atoms with van der Waals surface area (Å²) in [5.74, 6) is 2.59. The molecule has 0 bridgehead atoms. The smallest absolute Gasteiger partial charge is 0.503 e. The molecular weight excluding hydrogens is 860 g/mol. The number of benzene rings is 7. The second-order valence-corrected chi connectivity index (χ2v) is 13.3. The van der Waals surface area contributed by atoms with Crippen LogP contribution in [0.5, 0.6) is 11.5 Å². The Hall–Kier alpha value is -6.75. The summed E-state index contributed by atoms with van der Waals surface area (Å²) in [6.45, 7) is 0. The summed E-state index contributed by atoms with van der Waals surface area (Å²) in [6, 6.07) is 62.7. The van der Waals surface area contributed by atoms with E-state index in [1.165, 1.54) is 0 Å². The number of ether oxygens (including phenoxy) is 1. The van der Waals surface area contributed by atoms with Gasteiger partial charge in [0.05, 0.1) is 22.4 Å². The molecule has 262 valence electrons. The number of furan rings is 1. The van der Waals surface area contributed by atoms with E-state index in [1.54, 1.807) is 0 Å². The third-order valence-corrected chi connectivity index (χ3v) is 10.0. The second-order valence-electron chi connectivity index (χ2n) is 13.3. The number of fused-ring (bicyclic) bond motifs is 7. The van der Waals surface area contributed by atoms with Crippen molar-refractivity contribution in [1.29, 1.82) is 0 Å². The van der Waals surface area contributed by atoms with E-state index in [1.807, 2.05) is 85.1 Å².